The molecule has 0 spiro atoms. The fourth-order valence-electron chi connectivity index (χ4n) is 2.57. The van der Waals surface area contributed by atoms with Gasteiger partial charge in [-0.1, -0.05) is 24.3 Å². The molecule has 0 atom stereocenters. The third kappa shape index (κ3) is 2.27. The summed E-state index contributed by atoms with van der Waals surface area (Å²) in [7, 11) is 0. The van der Waals surface area contributed by atoms with E-state index in [0.717, 1.165) is 36.8 Å². The minimum atomic E-state index is -0.159. The zero-order chi connectivity index (χ0) is 12.6. The first kappa shape index (κ1) is 11.7. The van der Waals surface area contributed by atoms with E-state index in [1.807, 2.05) is 18.2 Å². The number of hydrogen-bond donors (Lipinski definition) is 2. The minimum Gasteiger partial charge on any atom is -0.353 e. The van der Waals surface area contributed by atoms with Crippen molar-refractivity contribution in [3.63, 3.8) is 0 Å². The van der Waals surface area contributed by atoms with Gasteiger partial charge in [-0.25, -0.2) is 0 Å². The van der Waals surface area contributed by atoms with Gasteiger partial charge in [-0.3, -0.25) is 4.79 Å². The third-order valence-corrected chi connectivity index (χ3v) is 4.16. The van der Waals surface area contributed by atoms with E-state index in [-0.39, 0.29) is 11.4 Å². The van der Waals surface area contributed by atoms with E-state index in [0.29, 0.717) is 12.5 Å². The van der Waals surface area contributed by atoms with Crippen molar-refractivity contribution in [2.75, 3.05) is 0 Å². The Morgan fingerprint density at radius 3 is 2.67 bits per heavy atom. The van der Waals surface area contributed by atoms with Crippen molar-refractivity contribution in [1.29, 1.82) is 0 Å². The fraction of sp³-hybridized carbons (Fsp3) is 0.533. The van der Waals surface area contributed by atoms with E-state index in [1.165, 1.54) is 6.42 Å². The van der Waals surface area contributed by atoms with Crippen molar-refractivity contribution in [1.82, 2.24) is 5.32 Å². The Kier molecular flexibility index (Phi) is 2.86. The van der Waals surface area contributed by atoms with Gasteiger partial charge in [0.2, 0.25) is 5.91 Å². The second-order valence-electron chi connectivity index (χ2n) is 5.69. The molecule has 96 valence electrons. The van der Waals surface area contributed by atoms with Crippen molar-refractivity contribution in [2.24, 2.45) is 5.73 Å². The smallest absolute Gasteiger partial charge is 0.224 e. The lowest BCUT2D eigenvalue weighted by Crippen LogP contribution is -2.40. The molecule has 0 aliphatic heterocycles. The summed E-state index contributed by atoms with van der Waals surface area (Å²) >= 11 is 0. The van der Waals surface area contributed by atoms with Crippen molar-refractivity contribution in [2.45, 2.75) is 50.1 Å². The van der Waals surface area contributed by atoms with Gasteiger partial charge in [0.15, 0.2) is 0 Å². The summed E-state index contributed by atoms with van der Waals surface area (Å²) in [5.74, 6) is 0.136. The zero-order valence-corrected chi connectivity index (χ0v) is 10.6. The molecule has 3 heteroatoms. The van der Waals surface area contributed by atoms with E-state index >= 15 is 0 Å². The lowest BCUT2D eigenvalue weighted by molar-refractivity contribution is -0.121. The molecular formula is C15H20N2O. The van der Waals surface area contributed by atoms with Crippen molar-refractivity contribution >= 4 is 5.91 Å². The highest BCUT2D eigenvalue weighted by Gasteiger charge is 2.41. The monoisotopic (exact) mass is 244 g/mol. The summed E-state index contributed by atoms with van der Waals surface area (Å²) in [5, 5.41) is 3.08. The van der Waals surface area contributed by atoms with Crippen molar-refractivity contribution < 1.29 is 4.79 Å². The number of hydrogen-bond acceptors (Lipinski definition) is 2. The molecule has 2 fully saturated rings. The molecule has 0 bridgehead atoms. The Balaban J connectivity index is 1.69. The van der Waals surface area contributed by atoms with Crippen LogP contribution in [0.2, 0.25) is 0 Å². The highest BCUT2D eigenvalue weighted by Crippen LogP contribution is 2.44. The summed E-state index contributed by atoms with van der Waals surface area (Å²) in [4.78, 5) is 12.0. The van der Waals surface area contributed by atoms with Crippen LogP contribution in [0.4, 0.5) is 0 Å². The number of carbonyl (C=O) groups is 1. The van der Waals surface area contributed by atoms with Gasteiger partial charge < -0.3 is 11.1 Å². The Morgan fingerprint density at radius 1 is 1.33 bits per heavy atom. The lowest BCUT2D eigenvalue weighted by atomic mass is 9.92. The molecule has 3 nitrogen and oxygen atoms in total. The average molecular weight is 244 g/mol. The molecule has 1 aromatic rings. The molecule has 18 heavy (non-hydrogen) atoms. The summed E-state index contributed by atoms with van der Waals surface area (Å²) in [6.07, 6.45) is 6.05. The molecule has 2 aliphatic rings. The van der Waals surface area contributed by atoms with Crippen molar-refractivity contribution in [3.8, 4) is 0 Å². The fourth-order valence-corrected chi connectivity index (χ4v) is 2.57. The number of carbonyl (C=O) groups excluding carboxylic acids is 1. The molecule has 1 aromatic carbocycles. The first-order chi connectivity index (χ1) is 8.67. The van der Waals surface area contributed by atoms with Gasteiger partial charge in [-0.15, -0.1) is 0 Å². The Labute approximate surface area is 108 Å². The van der Waals surface area contributed by atoms with Crippen LogP contribution >= 0.6 is 0 Å². The predicted molar refractivity (Wildman–Crippen MR) is 71.0 cm³/mol. The number of nitrogens with two attached hydrogens (primary N) is 1. The summed E-state index contributed by atoms with van der Waals surface area (Å²) in [5.41, 5.74) is 8.34. The normalized spacial score (nSPS) is 21.2. The van der Waals surface area contributed by atoms with Crippen LogP contribution in [0.1, 0.15) is 43.2 Å². The summed E-state index contributed by atoms with van der Waals surface area (Å²) in [6, 6.07) is 8.51. The maximum Gasteiger partial charge on any atom is 0.224 e. The minimum absolute atomic E-state index is 0.136. The summed E-state index contributed by atoms with van der Waals surface area (Å²) in [6.45, 7) is 0. The second-order valence-corrected chi connectivity index (χ2v) is 5.69. The van der Waals surface area contributed by atoms with Crippen molar-refractivity contribution in [3.05, 3.63) is 35.4 Å². The average Bonchev–Trinajstić information content (AvgIpc) is 3.04. The Morgan fingerprint density at radius 2 is 2.06 bits per heavy atom. The first-order valence-electron chi connectivity index (χ1n) is 6.84. The van der Waals surface area contributed by atoms with Crippen LogP contribution in [-0.2, 0) is 16.8 Å². The van der Waals surface area contributed by atoms with E-state index in [4.69, 9.17) is 5.73 Å². The predicted octanol–water partition coefficient (Wildman–Crippen LogP) is 1.85. The van der Waals surface area contributed by atoms with E-state index in [2.05, 4.69) is 11.4 Å². The van der Waals surface area contributed by atoms with E-state index in [1.54, 1.807) is 0 Å². The van der Waals surface area contributed by atoms with Crippen LogP contribution in [0.5, 0.6) is 0 Å². The molecule has 0 heterocycles. The molecule has 0 unspecified atom stereocenters. The standard InChI is InChI=1S/C15H20N2O/c16-15(8-9-15)13-7-2-1-4-11(13)10-14(18)17-12-5-3-6-12/h1-2,4,7,12H,3,5-6,8-10,16H2,(H,17,18). The molecular weight excluding hydrogens is 224 g/mol. The molecule has 0 aromatic heterocycles. The first-order valence-corrected chi connectivity index (χ1v) is 6.84. The maximum atomic E-state index is 12.0. The van der Waals surface area contributed by atoms with Gasteiger partial charge in [0.1, 0.15) is 0 Å². The molecule has 1 amide bonds. The molecule has 3 rings (SSSR count). The van der Waals surface area contributed by atoms with Crippen LogP contribution in [0.25, 0.3) is 0 Å². The van der Waals surface area contributed by atoms with Crippen LogP contribution in [-0.4, -0.2) is 11.9 Å². The summed E-state index contributed by atoms with van der Waals surface area (Å²) < 4.78 is 0. The molecule has 0 radical (unpaired) electrons. The van der Waals surface area contributed by atoms with Crippen LogP contribution in [0.3, 0.4) is 0 Å². The number of benzene rings is 1. The van der Waals surface area contributed by atoms with Gasteiger partial charge in [0.25, 0.3) is 0 Å². The number of amides is 1. The van der Waals surface area contributed by atoms with Gasteiger partial charge >= 0.3 is 0 Å². The lowest BCUT2D eigenvalue weighted by Gasteiger charge is -2.26. The Hall–Kier alpha value is -1.35. The van der Waals surface area contributed by atoms with Crippen LogP contribution in [0.15, 0.2) is 24.3 Å². The van der Waals surface area contributed by atoms with Gasteiger partial charge in [0, 0.05) is 11.6 Å². The second kappa shape index (κ2) is 4.39. The molecule has 2 aliphatic carbocycles. The van der Waals surface area contributed by atoms with Gasteiger partial charge in [0.05, 0.1) is 6.42 Å². The quantitative estimate of drug-likeness (QED) is 0.849. The number of nitrogens with one attached hydrogen (secondary N) is 1. The number of rotatable bonds is 4. The maximum absolute atomic E-state index is 12.0. The van der Waals surface area contributed by atoms with E-state index < -0.39 is 0 Å². The zero-order valence-electron chi connectivity index (χ0n) is 10.6. The van der Waals surface area contributed by atoms with Crippen LogP contribution < -0.4 is 11.1 Å². The molecule has 0 saturated heterocycles. The largest absolute Gasteiger partial charge is 0.353 e. The Bertz CT molecular complexity index is 461. The molecule has 2 saturated carbocycles. The van der Waals surface area contributed by atoms with E-state index in [9.17, 15) is 4.79 Å². The topological polar surface area (TPSA) is 55.1 Å². The highest BCUT2D eigenvalue weighted by molar-refractivity contribution is 5.79. The third-order valence-electron chi connectivity index (χ3n) is 4.16. The SMILES string of the molecule is NC1(c2ccccc2CC(=O)NC2CCC2)CC1. The highest BCUT2D eigenvalue weighted by atomic mass is 16.1. The van der Waals surface area contributed by atoms with Gasteiger partial charge in [-0.2, -0.15) is 0 Å². The van der Waals surface area contributed by atoms with Crippen LogP contribution in [0, 0.1) is 0 Å². The van der Waals surface area contributed by atoms with Gasteiger partial charge in [-0.05, 0) is 43.2 Å². The molecule has 3 N–H and O–H groups in total.